The summed E-state index contributed by atoms with van der Waals surface area (Å²) in [6.45, 7) is 0.127. The van der Waals surface area contributed by atoms with Gasteiger partial charge in [-0.05, 0) is 12.1 Å². The highest BCUT2D eigenvalue weighted by atomic mass is 19.1. The van der Waals surface area contributed by atoms with Crippen LogP contribution in [0, 0.1) is 17.5 Å². The minimum Gasteiger partial charge on any atom is -0.455 e. The van der Waals surface area contributed by atoms with Gasteiger partial charge >= 0.3 is 0 Å². The number of methoxy groups -OCH3 is 1. The second-order valence-corrected chi connectivity index (χ2v) is 3.77. The lowest BCUT2D eigenvalue weighted by atomic mass is 10.1. The highest BCUT2D eigenvalue weighted by Gasteiger charge is 2.23. The van der Waals surface area contributed by atoms with Crippen LogP contribution in [0.25, 0.3) is 0 Å². The van der Waals surface area contributed by atoms with Crippen LogP contribution < -0.4 is 0 Å². The summed E-state index contributed by atoms with van der Waals surface area (Å²) in [5.74, 6) is -4.52. The maximum Gasteiger partial charge on any atom is 0.234 e. The average molecular weight is 270 g/mol. The third-order valence-corrected chi connectivity index (χ3v) is 2.41. The minimum absolute atomic E-state index is 0.127. The van der Waals surface area contributed by atoms with E-state index in [0.717, 1.165) is 0 Å². The number of ether oxygens (including phenoxy) is 1. The molecule has 2 rings (SSSR count). The van der Waals surface area contributed by atoms with Crippen LogP contribution in [0.1, 0.15) is 21.9 Å². The van der Waals surface area contributed by atoms with Gasteiger partial charge in [0.1, 0.15) is 29.8 Å². The fourth-order valence-electron chi connectivity index (χ4n) is 1.60. The van der Waals surface area contributed by atoms with Crippen molar-refractivity contribution < 1.29 is 27.1 Å². The average Bonchev–Trinajstić information content (AvgIpc) is 2.76. The maximum atomic E-state index is 13.4. The van der Waals surface area contributed by atoms with Gasteiger partial charge < -0.3 is 9.15 Å². The van der Waals surface area contributed by atoms with E-state index in [2.05, 4.69) is 0 Å². The predicted octanol–water partition coefficient (Wildman–Crippen LogP) is 3.07. The first-order valence-corrected chi connectivity index (χ1v) is 5.30. The van der Waals surface area contributed by atoms with Crippen LogP contribution in [0.2, 0.25) is 0 Å². The van der Waals surface area contributed by atoms with E-state index < -0.39 is 28.8 Å². The molecule has 0 aliphatic rings. The predicted molar refractivity (Wildman–Crippen MR) is 59.2 cm³/mol. The molecule has 0 spiro atoms. The van der Waals surface area contributed by atoms with E-state index in [-0.39, 0.29) is 12.4 Å². The molecule has 0 unspecified atom stereocenters. The Balaban J connectivity index is 2.38. The van der Waals surface area contributed by atoms with Crippen molar-refractivity contribution in [3.8, 4) is 0 Å². The number of benzene rings is 1. The molecule has 0 N–H and O–H groups in total. The number of furan rings is 1. The second kappa shape index (κ2) is 5.27. The van der Waals surface area contributed by atoms with Gasteiger partial charge in [0, 0.05) is 19.2 Å². The molecule has 0 amide bonds. The molecule has 0 bridgehead atoms. The number of carbonyl (C=O) groups is 1. The number of hydrogen-bond donors (Lipinski definition) is 0. The summed E-state index contributed by atoms with van der Waals surface area (Å²) >= 11 is 0. The number of hydrogen-bond acceptors (Lipinski definition) is 3. The summed E-state index contributed by atoms with van der Waals surface area (Å²) in [6, 6.07) is 3.61. The van der Waals surface area contributed by atoms with Crippen molar-refractivity contribution in [2.45, 2.75) is 6.61 Å². The molecule has 1 aromatic heterocycles. The molecule has 3 nitrogen and oxygen atoms in total. The van der Waals surface area contributed by atoms with Crippen molar-refractivity contribution in [1.29, 1.82) is 0 Å². The minimum atomic E-state index is -1.27. The van der Waals surface area contributed by atoms with Crippen molar-refractivity contribution >= 4 is 5.78 Å². The van der Waals surface area contributed by atoms with E-state index in [0.29, 0.717) is 17.9 Å². The molecule has 2 aromatic rings. The van der Waals surface area contributed by atoms with Crippen molar-refractivity contribution in [3.05, 3.63) is 58.8 Å². The van der Waals surface area contributed by atoms with Crippen molar-refractivity contribution in [2.24, 2.45) is 0 Å². The third kappa shape index (κ3) is 2.68. The quantitative estimate of drug-likeness (QED) is 0.801. The van der Waals surface area contributed by atoms with Crippen LogP contribution in [0.5, 0.6) is 0 Å². The Labute approximate surface area is 106 Å². The fraction of sp³-hybridized carbons (Fsp3) is 0.154. The Morgan fingerprint density at radius 3 is 2.42 bits per heavy atom. The zero-order valence-electron chi connectivity index (χ0n) is 9.88. The summed E-state index contributed by atoms with van der Waals surface area (Å²) in [5, 5.41) is 0. The molecule has 0 fully saturated rings. The van der Waals surface area contributed by atoms with E-state index in [4.69, 9.17) is 9.15 Å². The van der Waals surface area contributed by atoms with E-state index in [9.17, 15) is 18.0 Å². The molecule has 19 heavy (non-hydrogen) atoms. The molecule has 0 saturated carbocycles. The van der Waals surface area contributed by atoms with Gasteiger partial charge in [0.15, 0.2) is 5.76 Å². The first-order valence-electron chi connectivity index (χ1n) is 5.30. The van der Waals surface area contributed by atoms with Crippen LogP contribution in [0.3, 0.4) is 0 Å². The highest BCUT2D eigenvalue weighted by Crippen LogP contribution is 2.20. The Morgan fingerprint density at radius 1 is 1.21 bits per heavy atom. The van der Waals surface area contributed by atoms with Gasteiger partial charge in [-0.2, -0.15) is 0 Å². The molecule has 0 atom stereocenters. The smallest absolute Gasteiger partial charge is 0.234 e. The van der Waals surface area contributed by atoms with Gasteiger partial charge in [0.05, 0.1) is 5.56 Å². The number of rotatable bonds is 4. The monoisotopic (exact) mass is 270 g/mol. The number of halogens is 3. The van der Waals surface area contributed by atoms with E-state index in [1.165, 1.54) is 19.2 Å². The second-order valence-electron chi connectivity index (χ2n) is 3.77. The van der Waals surface area contributed by atoms with Crippen LogP contribution in [0.15, 0.2) is 28.7 Å². The van der Waals surface area contributed by atoms with Crippen LogP contribution in [-0.4, -0.2) is 12.9 Å². The molecule has 0 aliphatic carbocycles. The van der Waals surface area contributed by atoms with Crippen LogP contribution in [-0.2, 0) is 11.3 Å². The van der Waals surface area contributed by atoms with E-state index in [1.807, 2.05) is 0 Å². The van der Waals surface area contributed by atoms with Crippen molar-refractivity contribution in [1.82, 2.24) is 0 Å². The first-order chi connectivity index (χ1) is 9.02. The molecule has 1 heterocycles. The molecule has 100 valence electrons. The zero-order valence-corrected chi connectivity index (χ0v) is 9.88. The lowest BCUT2D eigenvalue weighted by molar-refractivity contribution is 0.0992. The summed E-state index contributed by atoms with van der Waals surface area (Å²) in [6.07, 6.45) is 0. The Morgan fingerprint density at radius 2 is 1.84 bits per heavy atom. The molecular formula is C13H9F3O3. The maximum absolute atomic E-state index is 13.4. The van der Waals surface area contributed by atoms with Gasteiger partial charge in [-0.25, -0.2) is 13.2 Å². The van der Waals surface area contributed by atoms with Gasteiger partial charge in [0.2, 0.25) is 5.78 Å². The van der Waals surface area contributed by atoms with Crippen molar-refractivity contribution in [2.75, 3.05) is 7.11 Å². The molecule has 0 saturated heterocycles. The Hall–Kier alpha value is -2.08. The van der Waals surface area contributed by atoms with Crippen LogP contribution in [0.4, 0.5) is 13.2 Å². The highest BCUT2D eigenvalue weighted by molar-refractivity contribution is 6.07. The van der Waals surface area contributed by atoms with Gasteiger partial charge in [0.25, 0.3) is 0 Å². The number of ketones is 1. The zero-order chi connectivity index (χ0) is 14.0. The fourth-order valence-corrected chi connectivity index (χ4v) is 1.60. The van der Waals surface area contributed by atoms with E-state index >= 15 is 0 Å². The lowest BCUT2D eigenvalue weighted by Crippen LogP contribution is -2.07. The Bertz CT molecular complexity index is 596. The molecule has 1 aromatic carbocycles. The molecule has 0 radical (unpaired) electrons. The topological polar surface area (TPSA) is 39.4 Å². The van der Waals surface area contributed by atoms with Crippen LogP contribution >= 0.6 is 0 Å². The summed E-state index contributed by atoms with van der Waals surface area (Å²) in [5.41, 5.74) is -0.847. The van der Waals surface area contributed by atoms with Gasteiger partial charge in [-0.1, -0.05) is 0 Å². The van der Waals surface area contributed by atoms with Gasteiger partial charge in [-0.3, -0.25) is 4.79 Å². The van der Waals surface area contributed by atoms with Gasteiger partial charge in [-0.15, -0.1) is 0 Å². The number of carbonyl (C=O) groups excluding carboxylic acids is 1. The summed E-state index contributed by atoms with van der Waals surface area (Å²) in [4.78, 5) is 11.9. The lowest BCUT2D eigenvalue weighted by Gasteiger charge is -2.02. The standard InChI is InChI=1S/C13H9F3O3/c1-18-6-8-2-3-11(19-8)13(17)12-9(15)4-7(14)5-10(12)16/h2-5H,6H2,1H3. The molecule has 0 aliphatic heterocycles. The normalized spacial score (nSPS) is 10.7. The summed E-state index contributed by atoms with van der Waals surface area (Å²) < 4.78 is 49.5. The van der Waals surface area contributed by atoms with E-state index in [1.54, 1.807) is 0 Å². The molecular weight excluding hydrogens is 261 g/mol. The molecule has 6 heteroatoms. The Kier molecular flexibility index (Phi) is 3.71. The van der Waals surface area contributed by atoms with Crippen molar-refractivity contribution in [3.63, 3.8) is 0 Å². The SMILES string of the molecule is COCc1ccc(C(=O)c2c(F)cc(F)cc2F)o1. The summed E-state index contributed by atoms with van der Waals surface area (Å²) in [7, 11) is 1.43. The third-order valence-electron chi connectivity index (χ3n) is 2.41. The largest absolute Gasteiger partial charge is 0.455 e. The first kappa shape index (κ1) is 13.4.